The van der Waals surface area contributed by atoms with Crippen LogP contribution in [-0.2, 0) is 0 Å². The minimum atomic E-state index is 0.177. The lowest BCUT2D eigenvalue weighted by atomic mass is 9.96. The van der Waals surface area contributed by atoms with E-state index >= 15 is 0 Å². The molecule has 1 aliphatic rings. The third kappa shape index (κ3) is 4.96. The summed E-state index contributed by atoms with van der Waals surface area (Å²) in [5.41, 5.74) is 1.98. The molecule has 1 fully saturated rings. The Morgan fingerprint density at radius 2 is 1.87 bits per heavy atom. The van der Waals surface area contributed by atoms with Crippen LogP contribution in [0.15, 0.2) is 24.3 Å². The molecule has 0 spiro atoms. The Kier molecular flexibility index (Phi) is 6.90. The summed E-state index contributed by atoms with van der Waals surface area (Å²) in [5, 5.41) is 3.41. The highest BCUT2D eigenvalue weighted by atomic mass is 16.2. The molecule has 0 aromatic heterocycles. The van der Waals surface area contributed by atoms with Crippen molar-refractivity contribution in [2.75, 3.05) is 44.7 Å². The van der Waals surface area contributed by atoms with Crippen molar-refractivity contribution in [2.24, 2.45) is 5.92 Å². The molecule has 0 bridgehead atoms. The van der Waals surface area contributed by atoms with Gasteiger partial charge in [0.1, 0.15) is 0 Å². The van der Waals surface area contributed by atoms with Gasteiger partial charge in [-0.25, -0.2) is 0 Å². The first-order valence-electron chi connectivity index (χ1n) is 8.96. The van der Waals surface area contributed by atoms with Crippen LogP contribution in [0.4, 0.5) is 5.69 Å². The molecule has 4 nitrogen and oxygen atoms in total. The predicted molar refractivity (Wildman–Crippen MR) is 97.2 cm³/mol. The Bertz CT molecular complexity index is 478. The number of piperidine rings is 1. The first kappa shape index (κ1) is 17.8. The zero-order valence-electron chi connectivity index (χ0n) is 14.8. The Hall–Kier alpha value is -1.55. The van der Waals surface area contributed by atoms with Crippen LogP contribution in [0.5, 0.6) is 0 Å². The van der Waals surface area contributed by atoms with E-state index < -0.39 is 0 Å². The van der Waals surface area contributed by atoms with E-state index in [0.717, 1.165) is 57.5 Å². The number of nitrogens with one attached hydrogen (secondary N) is 1. The van der Waals surface area contributed by atoms with Gasteiger partial charge in [-0.05, 0) is 62.5 Å². The van der Waals surface area contributed by atoms with Crippen molar-refractivity contribution in [1.82, 2.24) is 10.2 Å². The zero-order chi connectivity index (χ0) is 16.7. The topological polar surface area (TPSA) is 35.6 Å². The smallest absolute Gasteiger partial charge is 0.253 e. The van der Waals surface area contributed by atoms with Gasteiger partial charge in [-0.3, -0.25) is 4.79 Å². The van der Waals surface area contributed by atoms with Gasteiger partial charge in [0.2, 0.25) is 0 Å². The summed E-state index contributed by atoms with van der Waals surface area (Å²) in [7, 11) is 2.09. The third-order valence-corrected chi connectivity index (χ3v) is 4.70. The van der Waals surface area contributed by atoms with Crippen molar-refractivity contribution in [2.45, 2.75) is 33.1 Å². The number of amides is 1. The molecule has 0 aliphatic carbocycles. The SMILES string of the molecule is CCCN(C)c1ccc(C(=O)N2CCC(CNCC)CC2)cc1. The molecule has 128 valence electrons. The molecule has 1 heterocycles. The number of carbonyl (C=O) groups excluding carboxylic acids is 1. The van der Waals surface area contributed by atoms with E-state index in [4.69, 9.17) is 0 Å². The van der Waals surface area contributed by atoms with Gasteiger partial charge >= 0.3 is 0 Å². The number of likely N-dealkylation sites (tertiary alicyclic amines) is 1. The number of hydrogen-bond donors (Lipinski definition) is 1. The molecular weight excluding hydrogens is 286 g/mol. The molecular formula is C19H31N3O. The molecule has 1 aliphatic heterocycles. The number of nitrogens with zero attached hydrogens (tertiary/aromatic N) is 2. The van der Waals surface area contributed by atoms with E-state index in [0.29, 0.717) is 5.92 Å². The molecule has 0 atom stereocenters. The van der Waals surface area contributed by atoms with Crippen molar-refractivity contribution in [3.63, 3.8) is 0 Å². The summed E-state index contributed by atoms with van der Waals surface area (Å²) in [6.45, 7) is 9.22. The van der Waals surface area contributed by atoms with Crippen LogP contribution >= 0.6 is 0 Å². The fraction of sp³-hybridized carbons (Fsp3) is 0.632. The van der Waals surface area contributed by atoms with Crippen LogP contribution in [0, 0.1) is 5.92 Å². The van der Waals surface area contributed by atoms with Crippen LogP contribution in [-0.4, -0.2) is 50.6 Å². The second kappa shape index (κ2) is 8.92. The van der Waals surface area contributed by atoms with Gasteiger partial charge in [0.05, 0.1) is 0 Å². The molecule has 0 saturated carbocycles. The summed E-state index contributed by atoms with van der Waals surface area (Å²) in [5.74, 6) is 0.890. The van der Waals surface area contributed by atoms with E-state index in [1.54, 1.807) is 0 Å². The van der Waals surface area contributed by atoms with E-state index in [2.05, 4.69) is 43.2 Å². The maximum atomic E-state index is 12.6. The molecule has 1 saturated heterocycles. The average Bonchev–Trinajstić information content (AvgIpc) is 2.60. The lowest BCUT2D eigenvalue weighted by Gasteiger charge is -2.32. The Balaban J connectivity index is 1.88. The minimum absolute atomic E-state index is 0.177. The number of anilines is 1. The molecule has 0 radical (unpaired) electrons. The second-order valence-corrected chi connectivity index (χ2v) is 6.51. The van der Waals surface area contributed by atoms with Crippen LogP contribution in [0.1, 0.15) is 43.5 Å². The summed E-state index contributed by atoms with van der Waals surface area (Å²) < 4.78 is 0. The van der Waals surface area contributed by atoms with Gasteiger partial charge in [-0.2, -0.15) is 0 Å². The monoisotopic (exact) mass is 317 g/mol. The highest BCUT2D eigenvalue weighted by Crippen LogP contribution is 2.20. The zero-order valence-corrected chi connectivity index (χ0v) is 14.8. The highest BCUT2D eigenvalue weighted by Gasteiger charge is 2.23. The molecule has 1 N–H and O–H groups in total. The molecule has 1 amide bonds. The van der Waals surface area contributed by atoms with Crippen LogP contribution in [0.2, 0.25) is 0 Å². The van der Waals surface area contributed by atoms with Crippen molar-refractivity contribution in [3.05, 3.63) is 29.8 Å². The third-order valence-electron chi connectivity index (χ3n) is 4.70. The van der Waals surface area contributed by atoms with E-state index in [-0.39, 0.29) is 5.91 Å². The number of rotatable bonds is 7. The Morgan fingerprint density at radius 3 is 2.43 bits per heavy atom. The maximum absolute atomic E-state index is 12.6. The molecule has 23 heavy (non-hydrogen) atoms. The largest absolute Gasteiger partial charge is 0.375 e. The van der Waals surface area contributed by atoms with E-state index in [1.165, 1.54) is 5.69 Å². The lowest BCUT2D eigenvalue weighted by molar-refractivity contribution is 0.0690. The minimum Gasteiger partial charge on any atom is -0.375 e. The molecule has 1 aromatic rings. The Labute approximate surface area is 140 Å². The van der Waals surface area contributed by atoms with Gasteiger partial charge in [0, 0.05) is 37.9 Å². The molecule has 0 unspecified atom stereocenters. The molecule has 1 aromatic carbocycles. The fourth-order valence-corrected chi connectivity index (χ4v) is 3.19. The molecule has 4 heteroatoms. The number of benzene rings is 1. The summed E-state index contributed by atoms with van der Waals surface area (Å²) in [4.78, 5) is 16.9. The van der Waals surface area contributed by atoms with Crippen molar-refractivity contribution < 1.29 is 4.79 Å². The molecule has 2 rings (SSSR count). The van der Waals surface area contributed by atoms with Crippen molar-refractivity contribution in [3.8, 4) is 0 Å². The second-order valence-electron chi connectivity index (χ2n) is 6.51. The predicted octanol–water partition coefficient (Wildman–Crippen LogP) is 2.99. The van der Waals surface area contributed by atoms with Crippen molar-refractivity contribution in [1.29, 1.82) is 0 Å². The van der Waals surface area contributed by atoms with Crippen LogP contribution < -0.4 is 10.2 Å². The average molecular weight is 317 g/mol. The number of carbonyl (C=O) groups is 1. The first-order valence-corrected chi connectivity index (χ1v) is 8.96. The maximum Gasteiger partial charge on any atom is 0.253 e. The highest BCUT2D eigenvalue weighted by molar-refractivity contribution is 5.94. The van der Waals surface area contributed by atoms with Gasteiger partial charge < -0.3 is 15.1 Å². The van der Waals surface area contributed by atoms with Crippen LogP contribution in [0.3, 0.4) is 0 Å². The van der Waals surface area contributed by atoms with E-state index in [9.17, 15) is 4.79 Å². The van der Waals surface area contributed by atoms with E-state index in [1.807, 2.05) is 17.0 Å². The van der Waals surface area contributed by atoms with Gasteiger partial charge in [-0.1, -0.05) is 13.8 Å². The summed E-state index contributed by atoms with van der Waals surface area (Å²) in [6, 6.07) is 8.05. The summed E-state index contributed by atoms with van der Waals surface area (Å²) in [6.07, 6.45) is 3.34. The normalized spacial score (nSPS) is 15.7. The Morgan fingerprint density at radius 1 is 1.22 bits per heavy atom. The first-order chi connectivity index (χ1) is 11.2. The standard InChI is InChI=1S/C19H31N3O/c1-4-12-21(3)18-8-6-17(7-9-18)19(23)22-13-10-16(11-14-22)15-20-5-2/h6-9,16,20H,4-5,10-15H2,1-3H3. The van der Waals surface area contributed by atoms with Crippen molar-refractivity contribution >= 4 is 11.6 Å². The summed E-state index contributed by atoms with van der Waals surface area (Å²) >= 11 is 0. The van der Waals surface area contributed by atoms with Crippen LogP contribution in [0.25, 0.3) is 0 Å². The van der Waals surface area contributed by atoms with Gasteiger partial charge in [0.25, 0.3) is 5.91 Å². The fourth-order valence-electron chi connectivity index (χ4n) is 3.19. The number of hydrogen-bond acceptors (Lipinski definition) is 3. The van der Waals surface area contributed by atoms with Gasteiger partial charge in [-0.15, -0.1) is 0 Å². The van der Waals surface area contributed by atoms with Gasteiger partial charge in [0.15, 0.2) is 0 Å². The quantitative estimate of drug-likeness (QED) is 0.840. The lowest BCUT2D eigenvalue weighted by Crippen LogP contribution is -2.40.